The Morgan fingerprint density at radius 1 is 1.50 bits per heavy atom. The number of aliphatic carboxylic acids is 1. The van der Waals surface area contributed by atoms with Crippen LogP contribution in [0.2, 0.25) is 0 Å². The van der Waals surface area contributed by atoms with Crippen molar-refractivity contribution < 1.29 is 14.7 Å². The van der Waals surface area contributed by atoms with Gasteiger partial charge in [-0.15, -0.1) is 0 Å². The summed E-state index contributed by atoms with van der Waals surface area (Å²) in [6.07, 6.45) is 0.662. The molecule has 18 heavy (non-hydrogen) atoms. The van der Waals surface area contributed by atoms with Gasteiger partial charge in [-0.25, -0.2) is 14.6 Å². The molecule has 100 valence electrons. The average molecular weight is 272 g/mol. The first-order valence-corrected chi connectivity index (χ1v) is 6.32. The van der Waals surface area contributed by atoms with Crippen molar-refractivity contribution in [2.45, 2.75) is 33.2 Å². The SMILES string of the molecule is CCC(C)[C@H](NC(=O)Nc1nc(C)ns1)C(=O)O. The molecule has 7 nitrogen and oxygen atoms in total. The van der Waals surface area contributed by atoms with Gasteiger partial charge in [-0.1, -0.05) is 20.3 Å². The van der Waals surface area contributed by atoms with E-state index in [-0.39, 0.29) is 5.92 Å². The molecule has 0 bridgehead atoms. The topological polar surface area (TPSA) is 104 Å². The standard InChI is InChI=1S/C10H16N4O3S/c1-4-5(2)7(8(15)16)12-9(17)13-10-11-6(3)14-18-10/h5,7H,4H2,1-3H3,(H,15,16)(H2,11,12,13,14,17)/t5?,7-/m0/s1. The lowest BCUT2D eigenvalue weighted by atomic mass is 10.00. The van der Waals surface area contributed by atoms with Crippen molar-refractivity contribution in [2.75, 3.05) is 5.32 Å². The number of carbonyl (C=O) groups is 2. The van der Waals surface area contributed by atoms with Gasteiger partial charge in [-0.05, 0) is 12.8 Å². The van der Waals surface area contributed by atoms with Crippen LogP contribution < -0.4 is 10.6 Å². The van der Waals surface area contributed by atoms with Crippen molar-refractivity contribution in [3.63, 3.8) is 0 Å². The van der Waals surface area contributed by atoms with E-state index in [0.29, 0.717) is 17.4 Å². The van der Waals surface area contributed by atoms with Crippen molar-refractivity contribution >= 4 is 28.7 Å². The molecule has 0 spiro atoms. The minimum atomic E-state index is -1.05. The van der Waals surface area contributed by atoms with E-state index in [1.807, 2.05) is 6.92 Å². The first-order chi connectivity index (χ1) is 8.43. The van der Waals surface area contributed by atoms with E-state index in [1.165, 1.54) is 0 Å². The third kappa shape index (κ3) is 3.95. The minimum absolute atomic E-state index is 0.149. The Morgan fingerprint density at radius 2 is 2.17 bits per heavy atom. The highest BCUT2D eigenvalue weighted by Gasteiger charge is 2.25. The van der Waals surface area contributed by atoms with Crippen molar-refractivity contribution in [3.8, 4) is 0 Å². The molecule has 0 saturated carbocycles. The Hall–Kier alpha value is -1.70. The minimum Gasteiger partial charge on any atom is -0.480 e. The Balaban J connectivity index is 2.59. The van der Waals surface area contributed by atoms with Crippen molar-refractivity contribution in [1.29, 1.82) is 0 Å². The first-order valence-electron chi connectivity index (χ1n) is 5.54. The number of aryl methyl sites for hydroxylation is 1. The molecular formula is C10H16N4O3S. The maximum atomic E-state index is 11.6. The third-order valence-corrected chi connectivity index (χ3v) is 3.24. The van der Waals surface area contributed by atoms with Crippen LogP contribution in [0, 0.1) is 12.8 Å². The molecule has 8 heteroatoms. The molecule has 0 aliphatic heterocycles. The maximum Gasteiger partial charge on any atom is 0.326 e. The van der Waals surface area contributed by atoms with Crippen LogP contribution in [0.4, 0.5) is 9.93 Å². The predicted octanol–water partition coefficient (Wildman–Crippen LogP) is 1.47. The second-order valence-electron chi connectivity index (χ2n) is 3.95. The van der Waals surface area contributed by atoms with E-state index in [0.717, 1.165) is 11.5 Å². The molecule has 2 amide bonds. The molecule has 0 saturated heterocycles. The van der Waals surface area contributed by atoms with Crippen LogP contribution in [0.3, 0.4) is 0 Å². The van der Waals surface area contributed by atoms with Crippen LogP contribution in [0.1, 0.15) is 26.1 Å². The first kappa shape index (κ1) is 14.4. The summed E-state index contributed by atoms with van der Waals surface area (Å²) in [4.78, 5) is 26.6. The van der Waals surface area contributed by atoms with Gasteiger partial charge in [-0.2, -0.15) is 4.37 Å². The number of carboxylic acid groups (broad SMARTS) is 1. The van der Waals surface area contributed by atoms with Gasteiger partial charge in [0, 0.05) is 11.5 Å². The quantitative estimate of drug-likeness (QED) is 0.753. The van der Waals surface area contributed by atoms with E-state index in [1.54, 1.807) is 13.8 Å². The average Bonchev–Trinajstić information content (AvgIpc) is 2.70. The second-order valence-corrected chi connectivity index (χ2v) is 4.70. The molecular weight excluding hydrogens is 256 g/mol. The van der Waals surface area contributed by atoms with Crippen LogP contribution in [-0.2, 0) is 4.79 Å². The summed E-state index contributed by atoms with van der Waals surface area (Å²) in [6, 6.07) is -1.50. The van der Waals surface area contributed by atoms with Crippen molar-refractivity contribution in [2.24, 2.45) is 5.92 Å². The van der Waals surface area contributed by atoms with E-state index >= 15 is 0 Å². The summed E-state index contributed by atoms with van der Waals surface area (Å²) in [6.45, 7) is 5.35. The monoisotopic (exact) mass is 272 g/mol. The highest BCUT2D eigenvalue weighted by molar-refractivity contribution is 7.09. The number of rotatable bonds is 5. The largest absolute Gasteiger partial charge is 0.480 e. The number of urea groups is 1. The fourth-order valence-electron chi connectivity index (χ4n) is 1.31. The number of amides is 2. The summed E-state index contributed by atoms with van der Waals surface area (Å²) in [5.41, 5.74) is 0. The Morgan fingerprint density at radius 3 is 2.61 bits per heavy atom. The lowest BCUT2D eigenvalue weighted by Crippen LogP contribution is -2.46. The van der Waals surface area contributed by atoms with Crippen LogP contribution >= 0.6 is 11.5 Å². The zero-order valence-corrected chi connectivity index (χ0v) is 11.2. The zero-order valence-electron chi connectivity index (χ0n) is 10.4. The van der Waals surface area contributed by atoms with Gasteiger partial charge in [0.2, 0.25) is 5.13 Å². The summed E-state index contributed by atoms with van der Waals surface area (Å²) in [5, 5.41) is 14.2. The molecule has 1 heterocycles. The molecule has 3 N–H and O–H groups in total. The van der Waals surface area contributed by atoms with Gasteiger partial charge in [0.05, 0.1) is 0 Å². The van der Waals surface area contributed by atoms with Crippen LogP contribution in [0.15, 0.2) is 0 Å². The smallest absolute Gasteiger partial charge is 0.326 e. The molecule has 0 aliphatic rings. The number of hydrogen-bond acceptors (Lipinski definition) is 5. The number of hydrogen-bond donors (Lipinski definition) is 3. The fraction of sp³-hybridized carbons (Fsp3) is 0.600. The number of anilines is 1. The Labute approximate surface area is 109 Å². The molecule has 1 aromatic heterocycles. The van der Waals surface area contributed by atoms with Crippen molar-refractivity contribution in [1.82, 2.24) is 14.7 Å². The van der Waals surface area contributed by atoms with Crippen LogP contribution in [0.5, 0.6) is 0 Å². The second kappa shape index (κ2) is 6.29. The van der Waals surface area contributed by atoms with E-state index in [4.69, 9.17) is 5.11 Å². The summed E-state index contributed by atoms with van der Waals surface area (Å²) in [7, 11) is 0. The molecule has 0 aromatic carbocycles. The molecule has 1 rings (SSSR count). The number of nitrogens with one attached hydrogen (secondary N) is 2. The predicted molar refractivity (Wildman–Crippen MR) is 67.7 cm³/mol. The number of carboxylic acids is 1. The van der Waals surface area contributed by atoms with Gasteiger partial charge < -0.3 is 10.4 Å². The highest BCUT2D eigenvalue weighted by Crippen LogP contribution is 2.11. The lowest BCUT2D eigenvalue weighted by Gasteiger charge is -2.19. The van der Waals surface area contributed by atoms with E-state index in [9.17, 15) is 9.59 Å². The number of aromatic nitrogens is 2. The molecule has 0 radical (unpaired) electrons. The molecule has 2 atom stereocenters. The van der Waals surface area contributed by atoms with Crippen molar-refractivity contribution in [3.05, 3.63) is 5.82 Å². The normalized spacial score (nSPS) is 13.7. The number of nitrogens with zero attached hydrogens (tertiary/aromatic N) is 2. The maximum absolute atomic E-state index is 11.6. The fourth-order valence-corrected chi connectivity index (χ4v) is 1.88. The van der Waals surface area contributed by atoms with Gasteiger partial charge in [0.15, 0.2) is 0 Å². The Bertz CT molecular complexity index is 435. The van der Waals surface area contributed by atoms with Gasteiger partial charge >= 0.3 is 12.0 Å². The Kier molecular flexibility index (Phi) is 5.02. The van der Waals surface area contributed by atoms with Crippen LogP contribution in [0.25, 0.3) is 0 Å². The molecule has 0 fully saturated rings. The van der Waals surface area contributed by atoms with E-state index in [2.05, 4.69) is 20.0 Å². The summed E-state index contributed by atoms with van der Waals surface area (Å²) >= 11 is 1.05. The molecule has 1 aromatic rings. The number of carbonyl (C=O) groups excluding carboxylic acids is 1. The van der Waals surface area contributed by atoms with E-state index < -0.39 is 18.0 Å². The molecule has 1 unspecified atom stereocenters. The van der Waals surface area contributed by atoms with Crippen LogP contribution in [-0.4, -0.2) is 32.5 Å². The summed E-state index contributed by atoms with van der Waals surface area (Å²) in [5.74, 6) is -0.635. The van der Waals surface area contributed by atoms with Gasteiger partial charge in [0.1, 0.15) is 11.9 Å². The zero-order chi connectivity index (χ0) is 13.7. The molecule has 0 aliphatic carbocycles. The lowest BCUT2D eigenvalue weighted by molar-refractivity contribution is -0.140. The van der Waals surface area contributed by atoms with Gasteiger partial charge in [-0.3, -0.25) is 5.32 Å². The third-order valence-electron chi connectivity index (χ3n) is 2.51. The van der Waals surface area contributed by atoms with Gasteiger partial charge in [0.25, 0.3) is 0 Å². The summed E-state index contributed by atoms with van der Waals surface area (Å²) < 4.78 is 3.91. The highest BCUT2D eigenvalue weighted by atomic mass is 32.1.